The molecule has 0 N–H and O–H groups in total. The first kappa shape index (κ1) is 20.2. The second-order valence-corrected chi connectivity index (χ2v) is 8.40. The Kier molecular flexibility index (Phi) is 6.66. The van der Waals surface area contributed by atoms with Crippen molar-refractivity contribution in [1.29, 1.82) is 0 Å². The van der Waals surface area contributed by atoms with Crippen LogP contribution in [0.1, 0.15) is 23.1 Å². The first-order valence-corrected chi connectivity index (χ1v) is 11.0. The quantitative estimate of drug-likeness (QED) is 0.452. The van der Waals surface area contributed by atoms with E-state index in [4.69, 9.17) is 11.6 Å². The van der Waals surface area contributed by atoms with E-state index in [1.807, 2.05) is 0 Å². The molecule has 3 aromatic rings. The van der Waals surface area contributed by atoms with Gasteiger partial charge in [0.25, 0.3) is 0 Å². The van der Waals surface area contributed by atoms with Crippen LogP contribution in [0.5, 0.6) is 0 Å². The third kappa shape index (κ3) is 5.08. The van der Waals surface area contributed by atoms with Crippen LogP contribution in [0.3, 0.4) is 0 Å². The standard InChI is InChI=1S/C26H29ClN2/c27-21-26(16-17-28(22-26)18-23-10-4-1-5-11-23)29(19-24-12-6-2-7-13-24)20-25-14-8-3-9-15-25/h1-15H,16-22H2. The molecule has 0 aromatic heterocycles. The van der Waals surface area contributed by atoms with Crippen molar-refractivity contribution in [3.8, 4) is 0 Å². The summed E-state index contributed by atoms with van der Waals surface area (Å²) in [7, 11) is 0. The lowest BCUT2D eigenvalue weighted by Gasteiger charge is -2.40. The third-order valence-electron chi connectivity index (χ3n) is 6.01. The van der Waals surface area contributed by atoms with Gasteiger partial charge in [-0.2, -0.15) is 0 Å². The fourth-order valence-electron chi connectivity index (χ4n) is 4.37. The molecule has 1 unspecified atom stereocenters. The minimum absolute atomic E-state index is 0.0119. The maximum atomic E-state index is 6.69. The zero-order chi connectivity index (χ0) is 19.9. The van der Waals surface area contributed by atoms with Gasteiger partial charge >= 0.3 is 0 Å². The summed E-state index contributed by atoms with van der Waals surface area (Å²) in [6, 6.07) is 32.3. The van der Waals surface area contributed by atoms with Crippen molar-refractivity contribution in [1.82, 2.24) is 9.80 Å². The normalized spacial score (nSPS) is 19.7. The maximum Gasteiger partial charge on any atom is 0.0490 e. The van der Waals surface area contributed by atoms with Gasteiger partial charge in [-0.1, -0.05) is 91.0 Å². The highest BCUT2D eigenvalue weighted by Gasteiger charge is 2.42. The zero-order valence-electron chi connectivity index (χ0n) is 16.9. The highest BCUT2D eigenvalue weighted by Crippen LogP contribution is 2.33. The fraction of sp³-hybridized carbons (Fsp3) is 0.308. The van der Waals surface area contributed by atoms with Gasteiger partial charge < -0.3 is 0 Å². The smallest absolute Gasteiger partial charge is 0.0490 e. The van der Waals surface area contributed by atoms with Crippen molar-refractivity contribution in [3.63, 3.8) is 0 Å². The number of halogens is 1. The van der Waals surface area contributed by atoms with Gasteiger partial charge in [0.05, 0.1) is 0 Å². The van der Waals surface area contributed by atoms with Crippen LogP contribution in [0, 0.1) is 0 Å². The molecule has 1 heterocycles. The van der Waals surface area contributed by atoms with Gasteiger partial charge in [-0.15, -0.1) is 11.6 Å². The van der Waals surface area contributed by atoms with E-state index in [1.165, 1.54) is 16.7 Å². The average molecular weight is 405 g/mol. The Hall–Kier alpha value is -2.13. The molecular weight excluding hydrogens is 376 g/mol. The Bertz CT molecular complexity index is 827. The van der Waals surface area contributed by atoms with Gasteiger partial charge in [0.1, 0.15) is 0 Å². The molecule has 1 aliphatic rings. The largest absolute Gasteiger partial charge is 0.297 e. The van der Waals surface area contributed by atoms with Crippen LogP contribution in [0.25, 0.3) is 0 Å². The average Bonchev–Trinajstić information content (AvgIpc) is 3.20. The topological polar surface area (TPSA) is 6.48 Å². The van der Waals surface area contributed by atoms with Gasteiger partial charge in [0.15, 0.2) is 0 Å². The lowest BCUT2D eigenvalue weighted by Crippen LogP contribution is -2.51. The summed E-state index contributed by atoms with van der Waals surface area (Å²) in [6.07, 6.45) is 1.10. The SMILES string of the molecule is ClCC1(N(Cc2ccccc2)Cc2ccccc2)CCN(Cc2ccccc2)C1. The number of hydrogen-bond donors (Lipinski definition) is 0. The second-order valence-electron chi connectivity index (χ2n) is 8.13. The van der Waals surface area contributed by atoms with Crippen molar-refractivity contribution < 1.29 is 0 Å². The molecule has 1 saturated heterocycles. The Morgan fingerprint density at radius 3 is 1.69 bits per heavy atom. The molecule has 2 nitrogen and oxygen atoms in total. The van der Waals surface area contributed by atoms with Gasteiger partial charge in [-0.25, -0.2) is 0 Å². The Morgan fingerprint density at radius 2 is 1.21 bits per heavy atom. The van der Waals surface area contributed by atoms with Gasteiger partial charge in [-0.05, 0) is 23.1 Å². The highest BCUT2D eigenvalue weighted by molar-refractivity contribution is 6.18. The number of likely N-dealkylation sites (tertiary alicyclic amines) is 1. The van der Waals surface area contributed by atoms with Crippen LogP contribution >= 0.6 is 11.6 Å². The third-order valence-corrected chi connectivity index (χ3v) is 6.51. The first-order valence-electron chi connectivity index (χ1n) is 10.4. The minimum Gasteiger partial charge on any atom is -0.297 e. The molecule has 0 spiro atoms. The summed E-state index contributed by atoms with van der Waals surface area (Å²) in [5.41, 5.74) is 4.04. The zero-order valence-corrected chi connectivity index (χ0v) is 17.6. The number of hydrogen-bond acceptors (Lipinski definition) is 2. The van der Waals surface area contributed by atoms with Crippen molar-refractivity contribution in [2.75, 3.05) is 19.0 Å². The maximum absolute atomic E-state index is 6.69. The highest BCUT2D eigenvalue weighted by atomic mass is 35.5. The van der Waals surface area contributed by atoms with E-state index in [0.29, 0.717) is 5.88 Å². The number of alkyl halides is 1. The van der Waals surface area contributed by atoms with E-state index in [-0.39, 0.29) is 5.54 Å². The molecule has 3 aromatic carbocycles. The van der Waals surface area contributed by atoms with E-state index in [1.54, 1.807) is 0 Å². The van der Waals surface area contributed by atoms with Gasteiger partial charge in [-0.3, -0.25) is 9.80 Å². The number of benzene rings is 3. The predicted octanol–water partition coefficient (Wildman–Crippen LogP) is 5.57. The molecule has 0 saturated carbocycles. The van der Waals surface area contributed by atoms with Gasteiger partial charge in [0.2, 0.25) is 0 Å². The van der Waals surface area contributed by atoms with Crippen molar-refractivity contribution >= 4 is 11.6 Å². The summed E-state index contributed by atoms with van der Waals surface area (Å²) in [6.45, 7) is 4.92. The monoisotopic (exact) mass is 404 g/mol. The molecule has 0 aliphatic carbocycles. The molecule has 29 heavy (non-hydrogen) atoms. The Labute approximate surface area is 179 Å². The fourth-order valence-corrected chi connectivity index (χ4v) is 4.75. The molecule has 4 rings (SSSR count). The molecule has 0 bridgehead atoms. The summed E-state index contributed by atoms with van der Waals surface area (Å²) < 4.78 is 0. The van der Waals surface area contributed by atoms with Crippen LogP contribution in [-0.4, -0.2) is 34.3 Å². The summed E-state index contributed by atoms with van der Waals surface area (Å²) in [5.74, 6) is 0.651. The minimum atomic E-state index is -0.0119. The van der Waals surface area contributed by atoms with E-state index in [2.05, 4.69) is 101 Å². The van der Waals surface area contributed by atoms with Crippen LogP contribution in [0.2, 0.25) is 0 Å². The van der Waals surface area contributed by atoms with Crippen LogP contribution < -0.4 is 0 Å². The molecule has 3 heteroatoms. The van der Waals surface area contributed by atoms with Crippen molar-refractivity contribution in [2.24, 2.45) is 0 Å². The lowest BCUT2D eigenvalue weighted by molar-refractivity contribution is 0.0929. The lowest BCUT2D eigenvalue weighted by atomic mass is 9.96. The number of rotatable bonds is 8. The molecule has 1 atom stereocenters. The van der Waals surface area contributed by atoms with Crippen molar-refractivity contribution in [2.45, 2.75) is 31.6 Å². The predicted molar refractivity (Wildman–Crippen MR) is 122 cm³/mol. The summed E-state index contributed by atoms with van der Waals surface area (Å²) in [4.78, 5) is 5.16. The van der Waals surface area contributed by atoms with Crippen LogP contribution in [-0.2, 0) is 19.6 Å². The van der Waals surface area contributed by atoms with E-state index < -0.39 is 0 Å². The summed E-state index contributed by atoms with van der Waals surface area (Å²) >= 11 is 6.69. The van der Waals surface area contributed by atoms with Crippen molar-refractivity contribution in [3.05, 3.63) is 108 Å². The number of nitrogens with zero attached hydrogens (tertiary/aromatic N) is 2. The molecule has 1 fully saturated rings. The first-order chi connectivity index (χ1) is 14.3. The molecule has 150 valence electrons. The van der Waals surface area contributed by atoms with E-state index >= 15 is 0 Å². The molecule has 0 radical (unpaired) electrons. The summed E-state index contributed by atoms with van der Waals surface area (Å²) in [5, 5.41) is 0. The molecule has 1 aliphatic heterocycles. The van der Waals surface area contributed by atoms with E-state index in [0.717, 1.165) is 39.1 Å². The second kappa shape index (κ2) is 9.58. The Balaban J connectivity index is 1.55. The van der Waals surface area contributed by atoms with Gasteiger partial charge in [0, 0.05) is 44.1 Å². The molecule has 0 amide bonds. The van der Waals surface area contributed by atoms with E-state index in [9.17, 15) is 0 Å². The Morgan fingerprint density at radius 1 is 0.724 bits per heavy atom. The van der Waals surface area contributed by atoms with Crippen LogP contribution in [0.4, 0.5) is 0 Å². The molecular formula is C26H29ClN2. The van der Waals surface area contributed by atoms with Crippen LogP contribution in [0.15, 0.2) is 91.0 Å².